The molecule has 0 saturated carbocycles. The number of nitrogens with one attached hydrogen (secondary N) is 7. The number of primary amides is 1. The summed E-state index contributed by atoms with van der Waals surface area (Å²) in [6, 6.07) is -0.679. The number of phenols is 3. The standard InChI is InChI=1S/C66H75Cl2N9O24/c1-23(2)12-34(71-5)58(88)76-49-51(83)26-7-10-38(32(67)14-26)97-40-16-28-17-41(55(40)101-65-56(54(86)53(85)42(22-78)99-65)100-44-21-66(4,70)57(87)24(3)96-44)98-39-11-8-27(15-33(39)68)52(84)50-63(93)75-48(64(94)95)31-18-29(79)19-37(81)45(31)30-13-25(6-9-36(30)80)46(60(90)77-50)74-61(91)47(28)73-59(89)35(20-43(69)82)72-62(49)92/h6-11,13-19,23-24,34-35,42,44,46-54,56-57,65,71,78-81,83-87H,12,20-22,70H2,1-5H3,(H2,69,82)(H,72,92)(H,73,89)(H,74,91)(H,75,93)(H,76,88)(H,77,90)(H,94,95)/t24-,34+,35-,42+,44-,46+,47+,48-,49?,50-,51+,52+,53+,54-,56?,57+,65-,66-/m0/s1. The Labute approximate surface area is 584 Å². The molecular formula is C66H75Cl2N9O24. The van der Waals surface area contributed by atoms with E-state index in [4.69, 9.17) is 63.1 Å². The Bertz CT molecular complexity index is 4070. The van der Waals surface area contributed by atoms with E-state index in [0.717, 1.165) is 66.7 Å². The predicted octanol–water partition coefficient (Wildman–Crippen LogP) is 0.106. The van der Waals surface area contributed by atoms with Crippen LogP contribution < -0.4 is 62.9 Å². The zero-order valence-electron chi connectivity index (χ0n) is 54.3. The number of aromatic hydroxyl groups is 3. The number of carboxylic acids is 1. The van der Waals surface area contributed by atoms with Crippen molar-refractivity contribution in [1.82, 2.24) is 37.2 Å². The fourth-order valence-electron chi connectivity index (χ4n) is 12.5. The molecule has 2 fully saturated rings. The van der Waals surface area contributed by atoms with Gasteiger partial charge < -0.3 is 128 Å². The van der Waals surface area contributed by atoms with E-state index < -0.39 is 237 Å². The van der Waals surface area contributed by atoms with Crippen LogP contribution >= 0.6 is 23.2 Å². The molecule has 542 valence electrons. The van der Waals surface area contributed by atoms with Crippen molar-refractivity contribution in [3.8, 4) is 57.1 Å². The molecule has 11 bridgehead atoms. The van der Waals surface area contributed by atoms with Gasteiger partial charge in [0.25, 0.3) is 0 Å². The number of carbonyl (C=O) groups is 8. The van der Waals surface area contributed by atoms with Crippen LogP contribution in [0.2, 0.25) is 10.0 Å². The third-order valence-electron chi connectivity index (χ3n) is 17.8. The zero-order chi connectivity index (χ0) is 73.5. The minimum absolute atomic E-state index is 0.0975. The molecule has 33 nitrogen and oxygen atoms in total. The number of hydrogen-bond acceptors (Lipinski definition) is 25. The number of halogens is 2. The van der Waals surface area contributed by atoms with Crippen molar-refractivity contribution in [3.63, 3.8) is 0 Å². The minimum Gasteiger partial charge on any atom is -0.508 e. The van der Waals surface area contributed by atoms with Crippen LogP contribution in [0.4, 0.5) is 0 Å². The molecule has 35 heteroatoms. The van der Waals surface area contributed by atoms with E-state index in [2.05, 4.69) is 37.2 Å². The Balaban J connectivity index is 1.24. The van der Waals surface area contributed by atoms with Crippen molar-refractivity contribution in [2.24, 2.45) is 17.4 Å². The molecule has 2 saturated heterocycles. The van der Waals surface area contributed by atoms with Crippen LogP contribution in [0, 0.1) is 5.92 Å². The molecule has 0 aliphatic carbocycles. The van der Waals surface area contributed by atoms with Gasteiger partial charge in [-0.15, -0.1) is 0 Å². The largest absolute Gasteiger partial charge is 0.508 e. The van der Waals surface area contributed by atoms with Crippen molar-refractivity contribution < 1.29 is 118 Å². The lowest BCUT2D eigenvalue weighted by atomic mass is 9.86. The second-order valence-electron chi connectivity index (χ2n) is 25.7. The molecule has 5 aromatic carbocycles. The summed E-state index contributed by atoms with van der Waals surface area (Å²) in [5, 5.41) is 131. The molecule has 18 atom stereocenters. The SMILES string of the molecule is CN[C@H](CC(C)C)C(=O)NC1C(=O)N[C@@H](CC(N)=O)C(=O)N[C@H]2C(=O)N[C@H]3C(=O)N[C@H](C(=O)N[C@H](C(=O)O)c4cc(O)cc(O)c4-c4cc3ccc4O)[C@H](O)c3ccc(c(Cl)c3)Oc3cc2cc(c3O[C@@H]2O[C@H](CO)[C@@H](O)[C@H](O)C2O[C@H]2C[C@](C)(N)[C@H](O)[C@H](C)O2)Oc2ccc(cc2Cl)[C@H]1O. The number of aliphatic hydroxyl groups excluding tert-OH is 6. The fourth-order valence-corrected chi connectivity index (χ4v) is 12.9. The lowest BCUT2D eigenvalue weighted by Gasteiger charge is -2.47. The maximum atomic E-state index is 16.0. The zero-order valence-corrected chi connectivity index (χ0v) is 55.8. The normalized spacial score (nSPS) is 29.4. The summed E-state index contributed by atoms with van der Waals surface area (Å²) in [5.41, 5.74) is 8.00. The number of nitrogens with two attached hydrogens (primary N) is 2. The van der Waals surface area contributed by atoms with Crippen LogP contribution in [0.1, 0.15) is 105 Å². The fraction of sp³-hybridized carbons (Fsp3) is 0.424. The van der Waals surface area contributed by atoms with E-state index in [1.54, 1.807) is 0 Å². The summed E-state index contributed by atoms with van der Waals surface area (Å²) in [6.45, 7) is 5.66. The molecule has 7 aliphatic heterocycles. The first-order chi connectivity index (χ1) is 47.7. The highest BCUT2D eigenvalue weighted by atomic mass is 35.5. The van der Waals surface area contributed by atoms with E-state index >= 15 is 14.4 Å². The Hall–Kier alpha value is -9.20. The van der Waals surface area contributed by atoms with Gasteiger partial charge in [-0.3, -0.25) is 33.6 Å². The minimum atomic E-state index is -2.35. The average Bonchev–Trinajstić information content (AvgIpc) is 0.775. The predicted molar refractivity (Wildman–Crippen MR) is 349 cm³/mol. The highest BCUT2D eigenvalue weighted by Crippen LogP contribution is 2.50. The number of aliphatic hydroxyl groups is 6. The summed E-state index contributed by atoms with van der Waals surface area (Å²) in [6.07, 6.45) is -18.6. The lowest BCUT2D eigenvalue weighted by Crippen LogP contribution is -2.64. The number of phenolic OH excluding ortho intramolecular Hbond substituents is 3. The Morgan fingerprint density at radius 2 is 1.32 bits per heavy atom. The van der Waals surface area contributed by atoms with Gasteiger partial charge in [-0.05, 0) is 110 Å². The van der Waals surface area contributed by atoms with Crippen LogP contribution in [-0.4, -0.2) is 191 Å². The Kier molecular flexibility index (Phi) is 22.2. The van der Waals surface area contributed by atoms with Gasteiger partial charge in [0.15, 0.2) is 29.9 Å². The average molecular weight is 1450 g/mol. The van der Waals surface area contributed by atoms with E-state index in [0.29, 0.717) is 0 Å². The molecule has 7 aliphatic rings. The summed E-state index contributed by atoms with van der Waals surface area (Å²) >= 11 is 14.1. The van der Waals surface area contributed by atoms with Gasteiger partial charge in [-0.25, -0.2) is 4.79 Å². The maximum absolute atomic E-state index is 16.0. The van der Waals surface area contributed by atoms with Gasteiger partial charge >= 0.3 is 5.97 Å². The molecule has 7 amide bonds. The molecule has 101 heavy (non-hydrogen) atoms. The summed E-state index contributed by atoms with van der Waals surface area (Å²) in [4.78, 5) is 117. The van der Waals surface area contributed by atoms with Gasteiger partial charge in [0.1, 0.15) is 89.5 Å². The number of ether oxygens (including phenoxy) is 6. The Morgan fingerprint density at radius 1 is 0.713 bits per heavy atom. The van der Waals surface area contributed by atoms with Crippen LogP contribution in [0.25, 0.3) is 11.1 Å². The van der Waals surface area contributed by atoms with E-state index in [1.807, 2.05) is 13.8 Å². The third kappa shape index (κ3) is 15.8. The molecule has 5 aromatic rings. The number of likely N-dealkylation sites (N-methyl/N-ethyl adjacent to an activating group) is 1. The molecule has 0 spiro atoms. The molecule has 7 heterocycles. The molecule has 2 unspecified atom stereocenters. The van der Waals surface area contributed by atoms with E-state index in [1.165, 1.54) is 33.0 Å². The van der Waals surface area contributed by atoms with Gasteiger partial charge in [0.05, 0.1) is 41.3 Å². The highest BCUT2D eigenvalue weighted by Gasteiger charge is 2.51. The first kappa shape index (κ1) is 74.5. The van der Waals surface area contributed by atoms with Gasteiger partial charge in [0.2, 0.25) is 53.4 Å². The van der Waals surface area contributed by atoms with Crippen LogP contribution in [0.3, 0.4) is 0 Å². The van der Waals surface area contributed by atoms with Crippen molar-refractivity contribution in [2.75, 3.05) is 13.7 Å². The van der Waals surface area contributed by atoms with Crippen molar-refractivity contribution in [1.29, 1.82) is 0 Å². The Morgan fingerprint density at radius 3 is 1.90 bits per heavy atom. The number of amides is 7. The number of carbonyl (C=O) groups excluding carboxylic acids is 7. The number of fused-ring (bicyclic) bond motifs is 15. The second-order valence-corrected chi connectivity index (χ2v) is 26.5. The molecule has 0 aromatic heterocycles. The lowest BCUT2D eigenvalue weighted by molar-refractivity contribution is -0.333. The quantitative estimate of drug-likeness (QED) is 0.0743. The van der Waals surface area contributed by atoms with Crippen LogP contribution in [-0.2, 0) is 52.6 Å². The summed E-state index contributed by atoms with van der Waals surface area (Å²) in [7, 11) is 1.47. The van der Waals surface area contributed by atoms with E-state index in [-0.39, 0.29) is 46.2 Å². The van der Waals surface area contributed by atoms with Crippen LogP contribution in [0.5, 0.6) is 46.0 Å². The molecular weight excluding hydrogens is 1370 g/mol. The molecule has 0 radical (unpaired) electrons. The van der Waals surface area contributed by atoms with Gasteiger partial charge in [-0.1, -0.05) is 55.2 Å². The summed E-state index contributed by atoms with van der Waals surface area (Å²) < 4.78 is 38.3. The van der Waals surface area contributed by atoms with Crippen molar-refractivity contribution >= 4 is 70.5 Å². The van der Waals surface area contributed by atoms with Gasteiger partial charge in [0, 0.05) is 34.7 Å². The first-order valence-electron chi connectivity index (χ1n) is 31.6. The highest BCUT2D eigenvalue weighted by molar-refractivity contribution is 6.32. The second kappa shape index (κ2) is 30.2. The number of carboxylic acid groups (broad SMARTS) is 1. The molecule has 12 rings (SSSR count). The monoisotopic (exact) mass is 1450 g/mol. The molecule has 21 N–H and O–H groups in total. The van der Waals surface area contributed by atoms with Crippen LogP contribution in [0.15, 0.2) is 78.9 Å². The number of aliphatic carboxylic acids is 1. The van der Waals surface area contributed by atoms with Crippen molar-refractivity contribution in [2.45, 2.75) is 156 Å². The smallest absolute Gasteiger partial charge is 0.330 e. The number of hydrogen-bond donors (Lipinski definition) is 19. The van der Waals surface area contributed by atoms with Gasteiger partial charge in [-0.2, -0.15) is 0 Å². The third-order valence-corrected chi connectivity index (χ3v) is 18.4. The first-order valence-corrected chi connectivity index (χ1v) is 32.4. The number of benzene rings is 5. The maximum Gasteiger partial charge on any atom is 0.330 e. The number of rotatable bonds is 13. The van der Waals surface area contributed by atoms with Crippen molar-refractivity contribution in [3.05, 3.63) is 117 Å². The summed E-state index contributed by atoms with van der Waals surface area (Å²) in [5.74, 6) is -16.0. The van der Waals surface area contributed by atoms with E-state index in [9.17, 15) is 75.0 Å². The topological polar surface area (TPSA) is 530 Å².